The number of rotatable bonds is 8. The molecule has 3 fully saturated rings. The number of unbranched alkanes of at least 4 members (excludes halogenated alkanes) is 4. The molecule has 0 bridgehead atoms. The molecule has 26 heavy (non-hydrogen) atoms. The van der Waals surface area contributed by atoms with Crippen LogP contribution in [0.25, 0.3) is 0 Å². The third-order valence-corrected chi connectivity index (χ3v) is 9.65. The summed E-state index contributed by atoms with van der Waals surface area (Å²) in [5, 5.41) is 0. The predicted octanol–water partition coefficient (Wildman–Crippen LogP) is 8.25. The van der Waals surface area contributed by atoms with Crippen molar-refractivity contribution in [3.8, 4) is 0 Å². The van der Waals surface area contributed by atoms with Gasteiger partial charge in [-0.25, -0.2) is 0 Å². The quantitative estimate of drug-likeness (QED) is 0.301. The van der Waals surface area contributed by atoms with Gasteiger partial charge < -0.3 is 0 Å². The molecule has 0 atom stereocenters. The molecule has 0 heterocycles. The molecule has 3 aliphatic rings. The maximum atomic E-state index is 6.13. The van der Waals surface area contributed by atoms with Crippen LogP contribution in [0.5, 0.6) is 0 Å². The van der Waals surface area contributed by atoms with E-state index in [1.807, 2.05) is 0 Å². The first kappa shape index (κ1) is 20.9. The standard InChI is InChI=1S/C24H40S2/c1-3-5-7-9-19-11-15-23(16-12-19)21(25)24(22(23)26)17-13-20(14-18-24)10-8-6-4-2/h19-20H,3-18H2,1-2H3. The Bertz CT molecular complexity index is 428. The van der Waals surface area contributed by atoms with E-state index < -0.39 is 0 Å². The molecule has 0 unspecified atom stereocenters. The fourth-order valence-electron chi connectivity index (χ4n) is 6.25. The Hall–Kier alpha value is 0.180. The van der Waals surface area contributed by atoms with Crippen LogP contribution in [0, 0.1) is 22.7 Å². The molecule has 0 saturated heterocycles. The molecule has 148 valence electrons. The maximum absolute atomic E-state index is 6.13. The highest BCUT2D eigenvalue weighted by Gasteiger charge is 2.64. The van der Waals surface area contributed by atoms with E-state index in [4.69, 9.17) is 24.4 Å². The SMILES string of the molecule is CCCCCC1CCC2(CC1)C(=S)C1(CCC(CCCCC)CC1)C2=S. The van der Waals surface area contributed by atoms with Gasteiger partial charge in [-0.3, -0.25) is 0 Å². The lowest BCUT2D eigenvalue weighted by Crippen LogP contribution is -2.66. The summed E-state index contributed by atoms with van der Waals surface area (Å²) in [6.07, 6.45) is 21.8. The third kappa shape index (κ3) is 3.84. The second-order valence-corrected chi connectivity index (χ2v) is 10.5. The summed E-state index contributed by atoms with van der Waals surface area (Å²) in [5.41, 5.74) is 0.419. The molecule has 0 aliphatic heterocycles. The number of thiocarbonyl (C=S) groups is 2. The van der Waals surface area contributed by atoms with Crippen molar-refractivity contribution in [2.75, 3.05) is 0 Å². The third-order valence-electron chi connectivity index (χ3n) is 8.09. The minimum Gasteiger partial charge on any atom is -0.0877 e. The lowest BCUT2D eigenvalue weighted by atomic mass is 9.43. The topological polar surface area (TPSA) is 0 Å². The fraction of sp³-hybridized carbons (Fsp3) is 0.917. The van der Waals surface area contributed by atoms with Crippen molar-refractivity contribution in [2.45, 2.75) is 117 Å². The summed E-state index contributed by atoms with van der Waals surface area (Å²) < 4.78 is 0. The van der Waals surface area contributed by atoms with E-state index in [1.165, 1.54) is 112 Å². The van der Waals surface area contributed by atoms with Gasteiger partial charge in [0, 0.05) is 20.6 Å². The van der Waals surface area contributed by atoms with Gasteiger partial charge in [-0.05, 0) is 63.2 Å². The molecule has 0 aromatic heterocycles. The van der Waals surface area contributed by atoms with Crippen molar-refractivity contribution in [1.29, 1.82) is 0 Å². The fourth-order valence-corrected chi connectivity index (χ4v) is 7.61. The van der Waals surface area contributed by atoms with Gasteiger partial charge >= 0.3 is 0 Å². The van der Waals surface area contributed by atoms with Gasteiger partial charge in [0.1, 0.15) is 0 Å². The lowest BCUT2D eigenvalue weighted by molar-refractivity contribution is 0.188. The molecule has 3 rings (SSSR count). The van der Waals surface area contributed by atoms with Crippen LogP contribution in [0.3, 0.4) is 0 Å². The lowest BCUT2D eigenvalue weighted by Gasteiger charge is -2.62. The van der Waals surface area contributed by atoms with Gasteiger partial charge in [-0.1, -0.05) is 89.6 Å². The van der Waals surface area contributed by atoms with E-state index >= 15 is 0 Å². The Balaban J connectivity index is 1.49. The van der Waals surface area contributed by atoms with Gasteiger partial charge in [-0.2, -0.15) is 0 Å². The Morgan fingerprint density at radius 3 is 1.31 bits per heavy atom. The van der Waals surface area contributed by atoms with Crippen molar-refractivity contribution in [2.24, 2.45) is 22.7 Å². The molecule has 3 saturated carbocycles. The molecule has 0 nitrogen and oxygen atoms in total. The van der Waals surface area contributed by atoms with Crippen molar-refractivity contribution in [3.05, 3.63) is 0 Å². The van der Waals surface area contributed by atoms with E-state index in [-0.39, 0.29) is 10.8 Å². The van der Waals surface area contributed by atoms with Crippen molar-refractivity contribution >= 4 is 34.2 Å². The van der Waals surface area contributed by atoms with Crippen molar-refractivity contribution in [1.82, 2.24) is 0 Å². The van der Waals surface area contributed by atoms with Gasteiger partial charge in [0.25, 0.3) is 0 Å². The maximum Gasteiger partial charge on any atom is 0.0348 e. The molecule has 0 radical (unpaired) electrons. The molecule has 0 aromatic carbocycles. The second-order valence-electron chi connectivity index (χ2n) is 9.70. The van der Waals surface area contributed by atoms with Gasteiger partial charge in [0.05, 0.1) is 0 Å². The predicted molar refractivity (Wildman–Crippen MR) is 122 cm³/mol. The molecule has 2 spiro atoms. The summed E-state index contributed by atoms with van der Waals surface area (Å²) in [7, 11) is 0. The minimum absolute atomic E-state index is 0.209. The van der Waals surface area contributed by atoms with Crippen LogP contribution in [0.15, 0.2) is 0 Å². The van der Waals surface area contributed by atoms with E-state index in [2.05, 4.69) is 13.8 Å². The molecule has 3 aliphatic carbocycles. The van der Waals surface area contributed by atoms with E-state index in [1.54, 1.807) is 0 Å². The highest BCUT2D eigenvalue weighted by Crippen LogP contribution is 2.63. The monoisotopic (exact) mass is 392 g/mol. The minimum atomic E-state index is 0.209. The van der Waals surface area contributed by atoms with Gasteiger partial charge in [0.15, 0.2) is 0 Å². The van der Waals surface area contributed by atoms with Crippen LogP contribution in [0.4, 0.5) is 0 Å². The smallest absolute Gasteiger partial charge is 0.0348 e. The van der Waals surface area contributed by atoms with Crippen LogP contribution < -0.4 is 0 Å². The normalized spacial score (nSPS) is 37.3. The zero-order valence-corrected chi connectivity index (χ0v) is 18.9. The Morgan fingerprint density at radius 1 is 0.654 bits per heavy atom. The largest absolute Gasteiger partial charge is 0.0877 e. The van der Waals surface area contributed by atoms with E-state index in [0.717, 1.165) is 11.8 Å². The van der Waals surface area contributed by atoms with Crippen molar-refractivity contribution in [3.63, 3.8) is 0 Å². The summed E-state index contributed by atoms with van der Waals surface area (Å²) in [5.74, 6) is 1.90. The van der Waals surface area contributed by atoms with Gasteiger partial charge in [-0.15, -0.1) is 0 Å². The first-order valence-electron chi connectivity index (χ1n) is 11.7. The average Bonchev–Trinajstić information content (AvgIpc) is 2.69. The summed E-state index contributed by atoms with van der Waals surface area (Å²) in [6, 6.07) is 0. The van der Waals surface area contributed by atoms with Crippen LogP contribution in [-0.2, 0) is 0 Å². The van der Waals surface area contributed by atoms with Crippen LogP contribution in [0.2, 0.25) is 0 Å². The zero-order chi connectivity index (χ0) is 18.6. The number of hydrogen-bond acceptors (Lipinski definition) is 2. The summed E-state index contributed by atoms with van der Waals surface area (Å²) in [6.45, 7) is 4.61. The molecule has 0 N–H and O–H groups in total. The van der Waals surface area contributed by atoms with Crippen LogP contribution in [0.1, 0.15) is 117 Å². The molecule has 0 amide bonds. The van der Waals surface area contributed by atoms with E-state index in [9.17, 15) is 0 Å². The zero-order valence-electron chi connectivity index (χ0n) is 17.3. The van der Waals surface area contributed by atoms with Crippen LogP contribution in [-0.4, -0.2) is 9.73 Å². The Kier molecular flexibility index (Phi) is 7.33. The number of hydrogen-bond donors (Lipinski definition) is 0. The first-order valence-corrected chi connectivity index (χ1v) is 12.5. The first-order chi connectivity index (χ1) is 12.6. The molecular weight excluding hydrogens is 352 g/mol. The summed E-state index contributed by atoms with van der Waals surface area (Å²) in [4.78, 5) is 2.82. The highest BCUT2D eigenvalue weighted by atomic mass is 32.1. The van der Waals surface area contributed by atoms with Crippen LogP contribution >= 0.6 is 24.4 Å². The summed E-state index contributed by atoms with van der Waals surface area (Å²) >= 11 is 12.3. The average molecular weight is 393 g/mol. The van der Waals surface area contributed by atoms with Crippen molar-refractivity contribution < 1.29 is 0 Å². The van der Waals surface area contributed by atoms with Gasteiger partial charge in [0.2, 0.25) is 0 Å². The molecule has 0 aromatic rings. The molecule has 2 heteroatoms. The second kappa shape index (κ2) is 9.12. The highest BCUT2D eigenvalue weighted by molar-refractivity contribution is 7.84. The Morgan fingerprint density at radius 2 is 1.00 bits per heavy atom. The molecular formula is C24H40S2. The van der Waals surface area contributed by atoms with E-state index in [0.29, 0.717) is 0 Å². The Labute approximate surface area is 173 Å².